The van der Waals surface area contributed by atoms with Crippen LogP contribution >= 0.6 is 47.0 Å². The number of rotatable bonds is 0. The van der Waals surface area contributed by atoms with Crippen molar-refractivity contribution in [3.8, 4) is 94.7 Å². The molecule has 7 aliphatic rings. The van der Waals surface area contributed by atoms with E-state index in [1.165, 1.54) is 0 Å². The van der Waals surface area contributed by atoms with Gasteiger partial charge >= 0.3 is 0 Å². The monoisotopic (exact) mass is 736 g/mol. The first-order valence-corrected chi connectivity index (χ1v) is 21.0. The molecule has 0 unspecified atom stereocenters. The Bertz CT molecular complexity index is 1800. The second-order valence-electron chi connectivity index (χ2n) is 10.7. The van der Waals surface area contributed by atoms with E-state index in [0.717, 1.165) is 90.5 Å². The molecule has 0 spiro atoms. The quantitative estimate of drug-likeness (QED) is 0.166. The van der Waals surface area contributed by atoms with Gasteiger partial charge in [0.15, 0.2) is 0 Å². The van der Waals surface area contributed by atoms with Gasteiger partial charge in [-0.05, 0) is 97.1 Å². The number of thioether (sulfide) groups is 4. The van der Waals surface area contributed by atoms with Crippen LogP contribution < -0.4 is 0 Å². The molecule has 0 aliphatic carbocycles. The first kappa shape index (κ1) is 38.0. The van der Waals surface area contributed by atoms with Gasteiger partial charge in [0.1, 0.15) is 0 Å². The van der Waals surface area contributed by atoms with Crippen molar-refractivity contribution in [3.05, 3.63) is 142 Å². The van der Waals surface area contributed by atoms with Crippen LogP contribution in [0.2, 0.25) is 0 Å². The summed E-state index contributed by atoms with van der Waals surface area (Å²) in [6.45, 7) is 0. The van der Waals surface area contributed by atoms with Crippen LogP contribution in [0.4, 0.5) is 0 Å². The highest BCUT2D eigenvalue weighted by atomic mass is 32.2. The second kappa shape index (κ2) is 23.3. The smallest absolute Gasteiger partial charge is 0.0560 e. The summed E-state index contributed by atoms with van der Waals surface area (Å²) in [4.78, 5) is 0. The Labute approximate surface area is 327 Å². The molecule has 0 saturated carbocycles. The van der Waals surface area contributed by atoms with Crippen LogP contribution in [0, 0.1) is 94.7 Å². The zero-order valence-electron chi connectivity index (χ0n) is 28.5. The molecule has 11 rings (SSSR count). The Kier molecular flexibility index (Phi) is 17.0. The van der Waals surface area contributed by atoms with Crippen LogP contribution in [-0.2, 0) is 0 Å². The molecular weight excluding hydrogens is 705 g/mol. The standard InChI is InChI=1S/C48H32S4/c1-9-41-17-19-42(20-18-41)11-3-35-50-36-5-13-45-25-27-46(28-26-45)15-7-39-52-40-8-16-48-31-29-47(30-32-48)14-6-38-51-37-4-12-44-23-21-43(22-24-44)10-2-34-49-33-1/h17-32H,33-40H2. The molecule has 7 aliphatic heterocycles. The van der Waals surface area contributed by atoms with Crippen molar-refractivity contribution < 1.29 is 0 Å². The molecule has 0 radical (unpaired) electrons. The van der Waals surface area contributed by atoms with Gasteiger partial charge in [-0.1, -0.05) is 94.7 Å². The van der Waals surface area contributed by atoms with E-state index in [4.69, 9.17) is 0 Å². The Morgan fingerprint density at radius 2 is 0.327 bits per heavy atom. The molecule has 7 heterocycles. The van der Waals surface area contributed by atoms with Crippen LogP contribution in [-0.4, -0.2) is 46.0 Å². The van der Waals surface area contributed by atoms with Crippen molar-refractivity contribution in [1.29, 1.82) is 0 Å². The molecule has 0 saturated heterocycles. The van der Waals surface area contributed by atoms with E-state index < -0.39 is 0 Å². The van der Waals surface area contributed by atoms with Crippen molar-refractivity contribution in [3.63, 3.8) is 0 Å². The maximum atomic E-state index is 3.23. The van der Waals surface area contributed by atoms with E-state index in [0.29, 0.717) is 0 Å². The van der Waals surface area contributed by atoms with E-state index in [-0.39, 0.29) is 0 Å². The Morgan fingerprint density at radius 1 is 0.212 bits per heavy atom. The summed E-state index contributed by atoms with van der Waals surface area (Å²) in [5.74, 6) is 57.5. The fraction of sp³-hybridized carbons (Fsp3) is 0.167. The van der Waals surface area contributed by atoms with Gasteiger partial charge in [-0.3, -0.25) is 0 Å². The first-order chi connectivity index (χ1) is 25.8. The molecule has 4 aromatic rings. The molecule has 0 fully saturated rings. The molecule has 0 aromatic heterocycles. The van der Waals surface area contributed by atoms with Gasteiger partial charge < -0.3 is 0 Å². The summed E-state index contributed by atoms with van der Waals surface area (Å²) in [6.07, 6.45) is 0. The highest BCUT2D eigenvalue weighted by molar-refractivity contribution is 8.00. The first-order valence-electron chi connectivity index (χ1n) is 16.4. The van der Waals surface area contributed by atoms with Gasteiger partial charge in [0.25, 0.3) is 0 Å². The van der Waals surface area contributed by atoms with Crippen molar-refractivity contribution in [2.75, 3.05) is 46.0 Å². The lowest BCUT2D eigenvalue weighted by atomic mass is 10.1. The van der Waals surface area contributed by atoms with Crippen molar-refractivity contribution in [1.82, 2.24) is 0 Å². The van der Waals surface area contributed by atoms with Gasteiger partial charge in [-0.15, -0.1) is 47.0 Å². The lowest BCUT2D eigenvalue weighted by molar-refractivity contribution is 1.59. The lowest BCUT2D eigenvalue weighted by Gasteiger charge is -1.93. The third kappa shape index (κ3) is 15.3. The molecule has 0 N–H and O–H groups in total. The Balaban J connectivity index is 1.16. The highest BCUT2D eigenvalue weighted by Gasteiger charge is 1.93. The van der Waals surface area contributed by atoms with Gasteiger partial charge in [-0.2, -0.15) is 0 Å². The molecule has 52 heavy (non-hydrogen) atoms. The highest BCUT2D eigenvalue weighted by Crippen LogP contribution is 2.08. The minimum atomic E-state index is 0.733. The predicted octanol–water partition coefficient (Wildman–Crippen LogP) is 8.55. The molecule has 248 valence electrons. The fourth-order valence-electron chi connectivity index (χ4n) is 4.27. The third-order valence-corrected chi connectivity index (χ3v) is 9.58. The van der Waals surface area contributed by atoms with E-state index in [9.17, 15) is 0 Å². The van der Waals surface area contributed by atoms with Crippen LogP contribution in [0.1, 0.15) is 44.5 Å². The predicted molar refractivity (Wildman–Crippen MR) is 230 cm³/mol. The summed E-state index contributed by atoms with van der Waals surface area (Å²) < 4.78 is 0. The van der Waals surface area contributed by atoms with E-state index >= 15 is 0 Å². The van der Waals surface area contributed by atoms with E-state index in [1.54, 1.807) is 47.0 Å². The molecule has 0 amide bonds. The normalized spacial score (nSPS) is 13.2. The average molecular weight is 737 g/mol. The minimum Gasteiger partial charge on any atom is -0.136 e. The lowest BCUT2D eigenvalue weighted by Crippen LogP contribution is -1.82. The van der Waals surface area contributed by atoms with Crippen molar-refractivity contribution >= 4 is 47.0 Å². The maximum absolute atomic E-state index is 3.23. The summed E-state index contributed by atoms with van der Waals surface area (Å²) in [5, 5.41) is 0. The maximum Gasteiger partial charge on any atom is 0.0560 e. The Hall–Kier alpha value is -5.24. The van der Waals surface area contributed by atoms with Crippen LogP contribution in [0.5, 0.6) is 0 Å². The molecule has 8 bridgehead atoms. The summed E-state index contributed by atoms with van der Waals surface area (Å²) in [6, 6.07) is 32.4. The summed E-state index contributed by atoms with van der Waals surface area (Å²) >= 11 is 6.86. The molecule has 4 aromatic carbocycles. The number of benzene rings is 4. The number of hydrogen-bond donors (Lipinski definition) is 0. The van der Waals surface area contributed by atoms with Gasteiger partial charge in [0, 0.05) is 44.5 Å². The number of hydrogen-bond acceptors (Lipinski definition) is 4. The molecule has 4 heteroatoms. The molecular formula is C48H32S4. The minimum absolute atomic E-state index is 0.733. The summed E-state index contributed by atoms with van der Waals surface area (Å²) in [5.41, 5.74) is 7.92. The van der Waals surface area contributed by atoms with Crippen LogP contribution in [0.25, 0.3) is 0 Å². The van der Waals surface area contributed by atoms with Crippen molar-refractivity contribution in [2.24, 2.45) is 0 Å². The van der Waals surface area contributed by atoms with Crippen LogP contribution in [0.15, 0.2) is 97.1 Å². The Morgan fingerprint density at radius 3 is 0.442 bits per heavy atom. The molecule has 0 atom stereocenters. The van der Waals surface area contributed by atoms with Crippen LogP contribution in [0.3, 0.4) is 0 Å². The van der Waals surface area contributed by atoms with E-state index in [1.807, 2.05) is 97.1 Å². The zero-order valence-corrected chi connectivity index (χ0v) is 31.8. The molecule has 0 nitrogen and oxygen atoms in total. The SMILES string of the molecule is C1#Cc2ccc(cc2)C#CCSCC#Cc2ccc(cc2)C#CCSCC#Cc2ccc(cc2)C#CCSCC#Cc2ccc(cc2)C#CCSC1. The fourth-order valence-corrected chi connectivity index (χ4v) is 6.07. The topological polar surface area (TPSA) is 0 Å². The van der Waals surface area contributed by atoms with E-state index in [2.05, 4.69) is 94.7 Å². The summed E-state index contributed by atoms with van der Waals surface area (Å²) in [7, 11) is 0. The largest absolute Gasteiger partial charge is 0.136 e. The van der Waals surface area contributed by atoms with Gasteiger partial charge in [0.2, 0.25) is 0 Å². The van der Waals surface area contributed by atoms with Gasteiger partial charge in [0.05, 0.1) is 46.0 Å². The second-order valence-corrected chi connectivity index (χ2v) is 14.6. The average Bonchev–Trinajstić information content (AvgIpc) is 3.18. The third-order valence-electron chi connectivity index (χ3n) is 6.80. The van der Waals surface area contributed by atoms with Gasteiger partial charge in [-0.25, -0.2) is 0 Å². The van der Waals surface area contributed by atoms with Crippen molar-refractivity contribution in [2.45, 2.75) is 0 Å². The zero-order chi connectivity index (χ0) is 35.7.